The van der Waals surface area contributed by atoms with Crippen LogP contribution in [0.1, 0.15) is 29.3 Å². The van der Waals surface area contributed by atoms with Gasteiger partial charge in [0.25, 0.3) is 0 Å². The molecular formula is C22H22ClFN2. The van der Waals surface area contributed by atoms with Crippen molar-refractivity contribution < 1.29 is 4.39 Å². The van der Waals surface area contributed by atoms with Gasteiger partial charge in [-0.3, -0.25) is 0 Å². The molecule has 1 aliphatic heterocycles. The summed E-state index contributed by atoms with van der Waals surface area (Å²) in [7, 11) is 2.15. The van der Waals surface area contributed by atoms with Gasteiger partial charge in [0.05, 0.1) is 5.52 Å². The monoisotopic (exact) mass is 368 g/mol. The van der Waals surface area contributed by atoms with Crippen LogP contribution in [0.3, 0.4) is 0 Å². The first-order valence-electron chi connectivity index (χ1n) is 8.88. The van der Waals surface area contributed by atoms with E-state index in [1.54, 1.807) is 6.07 Å². The highest BCUT2D eigenvalue weighted by atomic mass is 35.5. The summed E-state index contributed by atoms with van der Waals surface area (Å²) in [5.74, 6) is -0.194. The first kappa shape index (κ1) is 17.3. The van der Waals surface area contributed by atoms with Crippen molar-refractivity contribution in [2.24, 2.45) is 0 Å². The Kier molecular flexibility index (Phi) is 4.37. The third-order valence-electron chi connectivity index (χ3n) is 5.28. The summed E-state index contributed by atoms with van der Waals surface area (Å²) in [6, 6.07) is 11.1. The molecule has 1 aromatic heterocycles. The summed E-state index contributed by atoms with van der Waals surface area (Å²) in [4.78, 5) is 2.34. The molecule has 2 aromatic carbocycles. The minimum absolute atomic E-state index is 0.194. The average molecular weight is 369 g/mol. The van der Waals surface area contributed by atoms with Crippen LogP contribution in [-0.4, -0.2) is 23.1 Å². The van der Waals surface area contributed by atoms with Crippen LogP contribution in [0.15, 0.2) is 36.4 Å². The zero-order chi connectivity index (χ0) is 18.4. The normalized spacial score (nSPS) is 15.5. The maximum atomic E-state index is 13.5. The molecule has 26 heavy (non-hydrogen) atoms. The van der Waals surface area contributed by atoms with Crippen LogP contribution >= 0.6 is 11.6 Å². The topological polar surface area (TPSA) is 8.17 Å². The zero-order valence-corrected chi connectivity index (χ0v) is 16.1. The molecule has 0 radical (unpaired) electrons. The number of allylic oxidation sites excluding steroid dienone is 1. The molecule has 0 aliphatic carbocycles. The van der Waals surface area contributed by atoms with Gasteiger partial charge < -0.3 is 9.47 Å². The van der Waals surface area contributed by atoms with E-state index in [0.717, 1.165) is 41.2 Å². The molecule has 0 fully saturated rings. The SMILES string of the molecule is CC(=Cn1c2c(c3cc(Cl)ccc31)CN(C)CC2)c1ccc(F)cc1C. The van der Waals surface area contributed by atoms with E-state index in [9.17, 15) is 4.39 Å². The average Bonchev–Trinajstić information content (AvgIpc) is 2.87. The molecular weight excluding hydrogens is 347 g/mol. The van der Waals surface area contributed by atoms with E-state index >= 15 is 0 Å². The van der Waals surface area contributed by atoms with E-state index in [1.807, 2.05) is 19.1 Å². The number of halogens is 2. The first-order chi connectivity index (χ1) is 12.4. The Hall–Kier alpha value is -2.10. The molecule has 1 aliphatic rings. The van der Waals surface area contributed by atoms with E-state index in [0.29, 0.717) is 0 Å². The van der Waals surface area contributed by atoms with Crippen molar-refractivity contribution in [1.29, 1.82) is 0 Å². The van der Waals surface area contributed by atoms with Gasteiger partial charge in [-0.15, -0.1) is 0 Å². The van der Waals surface area contributed by atoms with Crippen LogP contribution in [0, 0.1) is 12.7 Å². The van der Waals surface area contributed by atoms with Gasteiger partial charge in [-0.2, -0.15) is 0 Å². The van der Waals surface area contributed by atoms with Crippen LogP contribution in [0.25, 0.3) is 22.7 Å². The Balaban J connectivity index is 1.91. The number of nitrogens with zero attached hydrogens (tertiary/aromatic N) is 2. The maximum Gasteiger partial charge on any atom is 0.123 e. The number of fused-ring (bicyclic) bond motifs is 3. The standard InChI is InChI=1S/C22H22ClFN2/c1-14-10-17(24)5-6-18(14)15(2)12-26-21-7-4-16(23)11-19(21)20-13-25(3)9-8-22(20)26/h4-7,10-12H,8-9,13H2,1-3H3. The highest BCUT2D eigenvalue weighted by Gasteiger charge is 2.22. The molecule has 0 saturated heterocycles. The second-order valence-corrected chi connectivity index (χ2v) is 7.65. The summed E-state index contributed by atoms with van der Waals surface area (Å²) in [5, 5.41) is 1.99. The number of rotatable bonds is 2. The molecule has 4 heteroatoms. The van der Waals surface area contributed by atoms with Crippen molar-refractivity contribution in [2.75, 3.05) is 13.6 Å². The van der Waals surface area contributed by atoms with Crippen molar-refractivity contribution in [3.05, 3.63) is 69.6 Å². The fraction of sp³-hybridized carbons (Fsp3) is 0.273. The van der Waals surface area contributed by atoms with Gasteiger partial charge in [-0.25, -0.2) is 4.39 Å². The maximum absolute atomic E-state index is 13.5. The van der Waals surface area contributed by atoms with Crippen LogP contribution in [-0.2, 0) is 13.0 Å². The second-order valence-electron chi connectivity index (χ2n) is 7.22. The highest BCUT2D eigenvalue weighted by molar-refractivity contribution is 6.31. The van der Waals surface area contributed by atoms with Crippen LogP contribution in [0.2, 0.25) is 5.02 Å². The smallest absolute Gasteiger partial charge is 0.123 e. The second kappa shape index (κ2) is 6.57. The van der Waals surface area contributed by atoms with Crippen LogP contribution in [0.4, 0.5) is 4.39 Å². The van der Waals surface area contributed by atoms with E-state index in [-0.39, 0.29) is 5.82 Å². The Morgan fingerprint density at radius 1 is 1.19 bits per heavy atom. The summed E-state index contributed by atoms with van der Waals surface area (Å²) >= 11 is 6.27. The minimum Gasteiger partial charge on any atom is -0.320 e. The van der Waals surface area contributed by atoms with Gasteiger partial charge >= 0.3 is 0 Å². The summed E-state index contributed by atoms with van der Waals surface area (Å²) < 4.78 is 15.8. The van der Waals surface area contributed by atoms with Gasteiger partial charge in [0, 0.05) is 41.8 Å². The van der Waals surface area contributed by atoms with E-state index in [4.69, 9.17) is 11.6 Å². The van der Waals surface area contributed by atoms with E-state index in [2.05, 4.69) is 41.8 Å². The van der Waals surface area contributed by atoms with E-state index in [1.165, 1.54) is 28.2 Å². The number of aryl methyl sites for hydroxylation is 1. The minimum atomic E-state index is -0.194. The van der Waals surface area contributed by atoms with Crippen LogP contribution in [0.5, 0.6) is 0 Å². The highest BCUT2D eigenvalue weighted by Crippen LogP contribution is 2.34. The molecule has 4 rings (SSSR count). The predicted octanol–water partition coefficient (Wildman–Crippen LogP) is 5.75. The summed E-state index contributed by atoms with van der Waals surface area (Å²) in [6.45, 7) is 6.01. The fourth-order valence-corrected chi connectivity index (χ4v) is 4.15. The molecule has 0 bridgehead atoms. The number of hydrogen-bond donors (Lipinski definition) is 0. The summed E-state index contributed by atoms with van der Waals surface area (Å²) in [6.07, 6.45) is 3.19. The van der Waals surface area contributed by atoms with E-state index < -0.39 is 0 Å². The lowest BCUT2D eigenvalue weighted by Crippen LogP contribution is -2.26. The van der Waals surface area contributed by atoms with Gasteiger partial charge in [0.1, 0.15) is 5.82 Å². The van der Waals surface area contributed by atoms with Gasteiger partial charge in [0.2, 0.25) is 0 Å². The molecule has 2 nitrogen and oxygen atoms in total. The lowest BCUT2D eigenvalue weighted by Gasteiger charge is -2.23. The Morgan fingerprint density at radius 2 is 2.00 bits per heavy atom. The molecule has 0 atom stereocenters. The fourth-order valence-electron chi connectivity index (χ4n) is 3.98. The molecule has 0 amide bonds. The molecule has 3 aromatic rings. The van der Waals surface area contributed by atoms with Crippen molar-refractivity contribution in [3.63, 3.8) is 0 Å². The number of likely N-dealkylation sites (N-methyl/N-ethyl adjacent to an activating group) is 1. The van der Waals surface area contributed by atoms with Crippen molar-refractivity contribution in [3.8, 4) is 0 Å². The molecule has 0 saturated carbocycles. The molecule has 0 N–H and O–H groups in total. The van der Waals surface area contributed by atoms with Crippen molar-refractivity contribution in [1.82, 2.24) is 9.47 Å². The third-order valence-corrected chi connectivity index (χ3v) is 5.51. The van der Waals surface area contributed by atoms with Gasteiger partial charge in [0.15, 0.2) is 0 Å². The molecule has 0 unspecified atom stereocenters. The lowest BCUT2D eigenvalue weighted by atomic mass is 10.0. The summed E-state index contributed by atoms with van der Waals surface area (Å²) in [5.41, 5.74) is 7.02. The van der Waals surface area contributed by atoms with Gasteiger partial charge in [-0.05, 0) is 73.5 Å². The Morgan fingerprint density at radius 3 is 2.77 bits per heavy atom. The van der Waals surface area contributed by atoms with Crippen molar-refractivity contribution >= 4 is 34.3 Å². The van der Waals surface area contributed by atoms with Gasteiger partial charge in [-0.1, -0.05) is 17.7 Å². The number of hydrogen-bond acceptors (Lipinski definition) is 1. The quantitative estimate of drug-likeness (QED) is 0.559. The molecule has 2 heterocycles. The third kappa shape index (κ3) is 2.95. The Bertz CT molecular complexity index is 1030. The van der Waals surface area contributed by atoms with Crippen molar-refractivity contribution in [2.45, 2.75) is 26.8 Å². The van der Waals surface area contributed by atoms with Crippen LogP contribution < -0.4 is 0 Å². The zero-order valence-electron chi connectivity index (χ0n) is 15.3. The number of benzene rings is 2. The largest absolute Gasteiger partial charge is 0.320 e. The Labute approximate surface area is 158 Å². The lowest BCUT2D eigenvalue weighted by molar-refractivity contribution is 0.312. The molecule has 134 valence electrons. The number of aromatic nitrogens is 1. The molecule has 0 spiro atoms. The predicted molar refractivity (Wildman–Crippen MR) is 108 cm³/mol. The first-order valence-corrected chi connectivity index (χ1v) is 9.26.